The molecule has 4 nitrogen and oxygen atoms in total. The zero-order valence-electron chi connectivity index (χ0n) is 10.3. The van der Waals surface area contributed by atoms with Crippen molar-refractivity contribution in [2.75, 3.05) is 0 Å². The Hall–Kier alpha value is -1.20. The number of aromatic nitrogens is 2. The normalized spacial score (nSPS) is 13.4. The molecule has 92 valence electrons. The summed E-state index contributed by atoms with van der Waals surface area (Å²) in [4.78, 5) is 19.0. The summed E-state index contributed by atoms with van der Waals surface area (Å²) in [6, 6.07) is 2.28. The molecule has 0 radical (unpaired) electrons. The second kappa shape index (κ2) is 4.98. The molecule has 0 aliphatic heterocycles. The third-order valence-electron chi connectivity index (χ3n) is 2.96. The van der Waals surface area contributed by atoms with Crippen LogP contribution in [0, 0.1) is 5.92 Å². The van der Waals surface area contributed by atoms with Crippen molar-refractivity contribution in [2.24, 2.45) is 5.92 Å². The van der Waals surface area contributed by atoms with Gasteiger partial charge in [0.2, 0.25) is 0 Å². The van der Waals surface area contributed by atoms with Gasteiger partial charge in [0.15, 0.2) is 0 Å². The van der Waals surface area contributed by atoms with E-state index in [0.717, 1.165) is 5.52 Å². The molecule has 2 heterocycles. The molecule has 0 saturated carbocycles. The maximum Gasteiger partial charge on any atom is 0.268 e. The molecule has 0 amide bonds. The Kier molecular flexibility index (Phi) is 3.59. The van der Waals surface area contributed by atoms with Gasteiger partial charge in [0.25, 0.3) is 5.56 Å². The average Bonchev–Trinajstić information content (AvgIpc) is 2.74. The molecular formula is C12H17N3OS. The Morgan fingerprint density at radius 1 is 1.47 bits per heavy atom. The van der Waals surface area contributed by atoms with Gasteiger partial charge in [-0.3, -0.25) is 4.79 Å². The fourth-order valence-corrected chi connectivity index (χ4v) is 2.22. The van der Waals surface area contributed by atoms with Crippen LogP contribution in [0.25, 0.3) is 10.2 Å². The number of nitrogens with zero attached hydrogens (tertiary/aromatic N) is 1. The first-order chi connectivity index (χ1) is 8.08. The molecule has 2 aromatic rings. The van der Waals surface area contributed by atoms with Crippen molar-refractivity contribution in [2.45, 2.75) is 33.4 Å². The van der Waals surface area contributed by atoms with Gasteiger partial charge < -0.3 is 10.3 Å². The van der Waals surface area contributed by atoms with E-state index in [2.05, 4.69) is 36.1 Å². The van der Waals surface area contributed by atoms with Crippen molar-refractivity contribution in [3.63, 3.8) is 0 Å². The molecular weight excluding hydrogens is 234 g/mol. The zero-order valence-corrected chi connectivity index (χ0v) is 11.1. The highest BCUT2D eigenvalue weighted by molar-refractivity contribution is 7.17. The number of nitrogens with one attached hydrogen (secondary N) is 2. The SMILES string of the molecule is CC(C)C(C)NCc1nc2ccsc2c(=O)[nH]1. The minimum Gasteiger partial charge on any atom is -0.308 e. The van der Waals surface area contributed by atoms with E-state index < -0.39 is 0 Å². The van der Waals surface area contributed by atoms with Crippen molar-refractivity contribution in [3.05, 3.63) is 27.6 Å². The van der Waals surface area contributed by atoms with E-state index in [4.69, 9.17) is 0 Å². The first-order valence-electron chi connectivity index (χ1n) is 5.77. The summed E-state index contributed by atoms with van der Waals surface area (Å²) in [6.45, 7) is 7.05. The van der Waals surface area contributed by atoms with E-state index in [1.165, 1.54) is 11.3 Å². The lowest BCUT2D eigenvalue weighted by Gasteiger charge is -2.16. The number of thiophene rings is 1. The number of fused-ring (bicyclic) bond motifs is 1. The summed E-state index contributed by atoms with van der Waals surface area (Å²) in [5.74, 6) is 1.26. The maximum atomic E-state index is 11.7. The van der Waals surface area contributed by atoms with Gasteiger partial charge in [0, 0.05) is 6.04 Å². The molecule has 5 heteroatoms. The van der Waals surface area contributed by atoms with E-state index in [1.54, 1.807) is 0 Å². The summed E-state index contributed by atoms with van der Waals surface area (Å²) < 4.78 is 0.700. The molecule has 1 unspecified atom stereocenters. The van der Waals surface area contributed by atoms with E-state index in [0.29, 0.717) is 29.0 Å². The van der Waals surface area contributed by atoms with Crippen molar-refractivity contribution < 1.29 is 0 Å². The van der Waals surface area contributed by atoms with Crippen molar-refractivity contribution in [3.8, 4) is 0 Å². The molecule has 17 heavy (non-hydrogen) atoms. The predicted octanol–water partition coefficient (Wildman–Crippen LogP) is 2.12. The van der Waals surface area contributed by atoms with Gasteiger partial charge in [-0.15, -0.1) is 11.3 Å². The Labute approximate surface area is 104 Å². The van der Waals surface area contributed by atoms with Gasteiger partial charge in [0.1, 0.15) is 10.5 Å². The number of H-pyrrole nitrogens is 1. The Balaban J connectivity index is 2.16. The lowest BCUT2D eigenvalue weighted by atomic mass is 10.1. The van der Waals surface area contributed by atoms with Gasteiger partial charge in [-0.05, 0) is 24.3 Å². The highest BCUT2D eigenvalue weighted by Crippen LogP contribution is 2.13. The lowest BCUT2D eigenvalue weighted by molar-refractivity contribution is 0.421. The monoisotopic (exact) mass is 251 g/mol. The number of hydrogen-bond acceptors (Lipinski definition) is 4. The van der Waals surface area contributed by atoms with Gasteiger partial charge in [-0.1, -0.05) is 13.8 Å². The fourth-order valence-electron chi connectivity index (χ4n) is 1.50. The Morgan fingerprint density at radius 3 is 2.94 bits per heavy atom. The number of rotatable bonds is 4. The van der Waals surface area contributed by atoms with Gasteiger partial charge in [-0.25, -0.2) is 4.98 Å². The summed E-state index contributed by atoms with van der Waals surface area (Å²) in [5, 5.41) is 5.24. The third kappa shape index (κ3) is 2.73. The number of aromatic amines is 1. The average molecular weight is 251 g/mol. The Morgan fingerprint density at radius 2 is 2.24 bits per heavy atom. The van der Waals surface area contributed by atoms with Gasteiger partial charge in [-0.2, -0.15) is 0 Å². The van der Waals surface area contributed by atoms with E-state index >= 15 is 0 Å². The predicted molar refractivity (Wildman–Crippen MR) is 71.4 cm³/mol. The molecule has 0 aliphatic rings. The summed E-state index contributed by atoms with van der Waals surface area (Å²) in [7, 11) is 0. The minimum absolute atomic E-state index is 0.0426. The molecule has 0 bridgehead atoms. The van der Waals surface area contributed by atoms with Gasteiger partial charge >= 0.3 is 0 Å². The van der Waals surface area contributed by atoms with Crippen LogP contribution in [-0.2, 0) is 6.54 Å². The van der Waals surface area contributed by atoms with E-state index in [-0.39, 0.29) is 5.56 Å². The van der Waals surface area contributed by atoms with Crippen LogP contribution in [0.5, 0.6) is 0 Å². The molecule has 2 N–H and O–H groups in total. The van der Waals surface area contributed by atoms with Crippen molar-refractivity contribution >= 4 is 21.6 Å². The molecule has 0 fully saturated rings. The smallest absolute Gasteiger partial charge is 0.268 e. The molecule has 0 aliphatic carbocycles. The van der Waals surface area contributed by atoms with E-state index in [1.807, 2.05) is 11.4 Å². The van der Waals surface area contributed by atoms with Crippen LogP contribution in [0.3, 0.4) is 0 Å². The quantitative estimate of drug-likeness (QED) is 0.875. The van der Waals surface area contributed by atoms with Crippen molar-refractivity contribution in [1.29, 1.82) is 0 Å². The molecule has 2 aromatic heterocycles. The highest BCUT2D eigenvalue weighted by Gasteiger charge is 2.08. The summed E-state index contributed by atoms with van der Waals surface area (Å²) in [6.07, 6.45) is 0. The zero-order chi connectivity index (χ0) is 12.4. The van der Waals surface area contributed by atoms with Gasteiger partial charge in [0.05, 0.1) is 12.1 Å². The van der Waals surface area contributed by atoms with Crippen LogP contribution in [0.15, 0.2) is 16.2 Å². The fraction of sp³-hybridized carbons (Fsp3) is 0.500. The van der Waals surface area contributed by atoms with E-state index in [9.17, 15) is 4.79 Å². The third-order valence-corrected chi connectivity index (χ3v) is 3.86. The Bertz CT molecular complexity index is 558. The first-order valence-corrected chi connectivity index (χ1v) is 6.65. The second-order valence-electron chi connectivity index (χ2n) is 4.56. The summed E-state index contributed by atoms with van der Waals surface area (Å²) in [5.41, 5.74) is 0.742. The van der Waals surface area contributed by atoms with Crippen molar-refractivity contribution in [1.82, 2.24) is 15.3 Å². The van der Waals surface area contributed by atoms with Crippen LogP contribution < -0.4 is 10.9 Å². The molecule has 1 atom stereocenters. The number of hydrogen-bond donors (Lipinski definition) is 2. The maximum absolute atomic E-state index is 11.7. The van der Waals surface area contributed by atoms with Crippen LogP contribution in [0.1, 0.15) is 26.6 Å². The highest BCUT2D eigenvalue weighted by atomic mass is 32.1. The molecule has 0 saturated heterocycles. The van der Waals surface area contributed by atoms with Crippen LogP contribution >= 0.6 is 11.3 Å². The second-order valence-corrected chi connectivity index (χ2v) is 5.48. The topological polar surface area (TPSA) is 57.8 Å². The molecule has 2 rings (SSSR count). The largest absolute Gasteiger partial charge is 0.308 e. The van der Waals surface area contributed by atoms with Crippen LogP contribution in [0.4, 0.5) is 0 Å². The first kappa shape index (κ1) is 12.3. The van der Waals surface area contributed by atoms with Crippen LogP contribution in [-0.4, -0.2) is 16.0 Å². The minimum atomic E-state index is -0.0426. The van der Waals surface area contributed by atoms with Crippen LogP contribution in [0.2, 0.25) is 0 Å². The molecule has 0 aromatic carbocycles. The standard InChI is InChI=1S/C12H17N3OS/c1-7(2)8(3)13-6-10-14-9-4-5-17-11(9)12(16)15-10/h4-5,7-8,13H,6H2,1-3H3,(H,14,15,16). The molecule has 0 spiro atoms. The summed E-state index contributed by atoms with van der Waals surface area (Å²) >= 11 is 1.43. The lowest BCUT2D eigenvalue weighted by Crippen LogP contribution is -2.31.